The Morgan fingerprint density at radius 3 is 2.33 bits per heavy atom. The summed E-state index contributed by atoms with van der Waals surface area (Å²) in [6.07, 6.45) is 1.02. The summed E-state index contributed by atoms with van der Waals surface area (Å²) in [5, 5.41) is 4.10. The zero-order chi connectivity index (χ0) is 15.1. The number of nitrogens with one attached hydrogen (secondary N) is 1. The highest BCUT2D eigenvalue weighted by Crippen LogP contribution is 2.27. The highest BCUT2D eigenvalue weighted by Gasteiger charge is 2.04. The summed E-state index contributed by atoms with van der Waals surface area (Å²) in [4.78, 5) is 0. The Balaban J connectivity index is 2.12. The predicted molar refractivity (Wildman–Crippen MR) is 90.1 cm³/mol. The summed E-state index contributed by atoms with van der Waals surface area (Å²) in [6, 6.07) is 14.4. The Morgan fingerprint density at radius 2 is 1.71 bits per heavy atom. The first-order valence-corrected chi connectivity index (χ1v) is 7.84. The van der Waals surface area contributed by atoms with Crippen LogP contribution in [0.25, 0.3) is 11.1 Å². The van der Waals surface area contributed by atoms with Gasteiger partial charge in [-0.3, -0.25) is 0 Å². The van der Waals surface area contributed by atoms with Gasteiger partial charge in [0.25, 0.3) is 0 Å². The smallest absolute Gasteiger partial charge is 0.119 e. The number of rotatable bonds is 7. The number of ether oxygens (including phenoxy) is 1. The Hall–Kier alpha value is -1.51. The fourth-order valence-corrected chi connectivity index (χ4v) is 2.34. The lowest BCUT2D eigenvalue weighted by Crippen LogP contribution is -2.11. The molecule has 0 heterocycles. The van der Waals surface area contributed by atoms with Gasteiger partial charge in [-0.1, -0.05) is 49.7 Å². The van der Waals surface area contributed by atoms with Gasteiger partial charge in [-0.2, -0.15) is 0 Å². The fraction of sp³-hybridized carbons (Fsp3) is 0.333. The molecular formula is C18H22ClNO. The maximum absolute atomic E-state index is 6.35. The molecule has 2 aromatic carbocycles. The Bertz CT molecular complexity index is 566. The lowest BCUT2D eigenvalue weighted by atomic mass is 10.0. The van der Waals surface area contributed by atoms with E-state index in [4.69, 9.17) is 16.3 Å². The van der Waals surface area contributed by atoms with E-state index in [0.717, 1.165) is 53.6 Å². The third-order valence-electron chi connectivity index (χ3n) is 3.28. The van der Waals surface area contributed by atoms with Crippen LogP contribution in [0.1, 0.15) is 25.8 Å². The molecule has 21 heavy (non-hydrogen) atoms. The predicted octanol–water partition coefficient (Wildman–Crippen LogP) is 4.91. The lowest BCUT2D eigenvalue weighted by Gasteiger charge is -2.09. The van der Waals surface area contributed by atoms with E-state index in [-0.39, 0.29) is 0 Å². The van der Waals surface area contributed by atoms with Crippen LogP contribution in [-0.4, -0.2) is 13.2 Å². The third kappa shape index (κ3) is 4.48. The minimum absolute atomic E-state index is 0.754. The highest BCUT2D eigenvalue weighted by molar-refractivity contribution is 6.31. The van der Waals surface area contributed by atoms with Crippen molar-refractivity contribution in [3.8, 4) is 16.9 Å². The van der Waals surface area contributed by atoms with Crippen molar-refractivity contribution in [2.24, 2.45) is 0 Å². The van der Waals surface area contributed by atoms with Crippen molar-refractivity contribution in [2.75, 3.05) is 13.2 Å². The second-order valence-electron chi connectivity index (χ2n) is 4.96. The van der Waals surface area contributed by atoms with E-state index in [0.29, 0.717) is 0 Å². The van der Waals surface area contributed by atoms with Crippen molar-refractivity contribution in [1.29, 1.82) is 0 Å². The molecule has 0 unspecified atom stereocenters. The monoisotopic (exact) mass is 303 g/mol. The molecule has 0 bridgehead atoms. The molecule has 0 fully saturated rings. The Labute approximate surface area is 132 Å². The van der Waals surface area contributed by atoms with Gasteiger partial charge in [-0.15, -0.1) is 0 Å². The molecule has 0 spiro atoms. The first kappa shape index (κ1) is 15.9. The fourth-order valence-electron chi connectivity index (χ4n) is 2.09. The van der Waals surface area contributed by atoms with Gasteiger partial charge in [-0.25, -0.2) is 0 Å². The van der Waals surface area contributed by atoms with Crippen LogP contribution in [0.3, 0.4) is 0 Å². The summed E-state index contributed by atoms with van der Waals surface area (Å²) in [5.41, 5.74) is 3.41. The molecule has 0 aliphatic heterocycles. The third-order valence-corrected chi connectivity index (χ3v) is 3.63. The number of hydrogen-bond acceptors (Lipinski definition) is 2. The van der Waals surface area contributed by atoms with E-state index in [9.17, 15) is 0 Å². The number of hydrogen-bond donors (Lipinski definition) is 1. The topological polar surface area (TPSA) is 21.3 Å². The standard InChI is InChI=1S/C18H22ClNO/c1-3-11-21-17-9-7-14(8-10-17)15-5-6-16(13-20-4-2)18(19)12-15/h5-10,12,20H,3-4,11,13H2,1-2H3. The van der Waals surface area contributed by atoms with Gasteiger partial charge in [0.05, 0.1) is 6.61 Å². The van der Waals surface area contributed by atoms with Crippen LogP contribution in [0.5, 0.6) is 5.75 Å². The van der Waals surface area contributed by atoms with Gasteiger partial charge in [0.2, 0.25) is 0 Å². The maximum atomic E-state index is 6.35. The van der Waals surface area contributed by atoms with Crippen molar-refractivity contribution in [1.82, 2.24) is 5.32 Å². The second kappa shape index (κ2) is 8.06. The minimum atomic E-state index is 0.754. The maximum Gasteiger partial charge on any atom is 0.119 e. The normalized spacial score (nSPS) is 10.6. The molecule has 112 valence electrons. The van der Waals surface area contributed by atoms with Crippen LogP contribution in [-0.2, 0) is 6.54 Å². The summed E-state index contributed by atoms with van der Waals surface area (Å²) in [7, 11) is 0. The van der Waals surface area contributed by atoms with E-state index in [1.165, 1.54) is 0 Å². The Kier molecular flexibility index (Phi) is 6.09. The van der Waals surface area contributed by atoms with Gasteiger partial charge < -0.3 is 10.1 Å². The van der Waals surface area contributed by atoms with Crippen LogP contribution < -0.4 is 10.1 Å². The molecule has 0 saturated heterocycles. The number of halogens is 1. The average Bonchev–Trinajstić information content (AvgIpc) is 2.52. The second-order valence-corrected chi connectivity index (χ2v) is 5.37. The highest BCUT2D eigenvalue weighted by atomic mass is 35.5. The van der Waals surface area contributed by atoms with Crippen molar-refractivity contribution in [3.05, 3.63) is 53.1 Å². The van der Waals surface area contributed by atoms with Gasteiger partial charge in [-0.05, 0) is 47.9 Å². The zero-order valence-electron chi connectivity index (χ0n) is 12.7. The molecule has 0 atom stereocenters. The molecule has 0 amide bonds. The van der Waals surface area contributed by atoms with Crippen molar-refractivity contribution in [2.45, 2.75) is 26.8 Å². The molecule has 0 radical (unpaired) electrons. The first-order valence-electron chi connectivity index (χ1n) is 7.47. The van der Waals surface area contributed by atoms with Crippen LogP contribution in [0.4, 0.5) is 0 Å². The first-order chi connectivity index (χ1) is 10.2. The molecule has 0 aliphatic rings. The zero-order valence-corrected chi connectivity index (χ0v) is 13.4. The molecule has 3 heteroatoms. The average molecular weight is 304 g/mol. The van der Waals surface area contributed by atoms with Gasteiger partial charge in [0.15, 0.2) is 0 Å². The molecule has 1 N–H and O–H groups in total. The minimum Gasteiger partial charge on any atom is -0.494 e. The quantitative estimate of drug-likeness (QED) is 0.785. The van der Waals surface area contributed by atoms with Gasteiger partial charge >= 0.3 is 0 Å². The van der Waals surface area contributed by atoms with E-state index >= 15 is 0 Å². The van der Waals surface area contributed by atoms with E-state index < -0.39 is 0 Å². The van der Waals surface area contributed by atoms with Gasteiger partial charge in [0.1, 0.15) is 5.75 Å². The SMILES string of the molecule is CCCOc1ccc(-c2ccc(CNCC)c(Cl)c2)cc1. The van der Waals surface area contributed by atoms with Crippen molar-refractivity contribution < 1.29 is 4.74 Å². The summed E-state index contributed by atoms with van der Waals surface area (Å²) in [6.45, 7) is 6.69. The van der Waals surface area contributed by atoms with Crippen molar-refractivity contribution >= 4 is 11.6 Å². The van der Waals surface area contributed by atoms with Crippen LogP contribution in [0, 0.1) is 0 Å². The van der Waals surface area contributed by atoms with E-state index in [2.05, 4.69) is 43.4 Å². The summed E-state index contributed by atoms with van der Waals surface area (Å²) in [5.74, 6) is 0.912. The molecule has 0 aromatic heterocycles. The molecule has 2 rings (SSSR count). The molecule has 2 aromatic rings. The summed E-state index contributed by atoms with van der Waals surface area (Å²) >= 11 is 6.35. The molecule has 0 saturated carbocycles. The number of benzene rings is 2. The molecule has 2 nitrogen and oxygen atoms in total. The van der Waals surface area contributed by atoms with E-state index in [1.54, 1.807) is 0 Å². The molecular weight excluding hydrogens is 282 g/mol. The molecule has 0 aliphatic carbocycles. The Morgan fingerprint density at radius 1 is 1.00 bits per heavy atom. The van der Waals surface area contributed by atoms with Gasteiger partial charge in [0, 0.05) is 11.6 Å². The van der Waals surface area contributed by atoms with E-state index in [1.807, 2.05) is 18.2 Å². The lowest BCUT2D eigenvalue weighted by molar-refractivity contribution is 0.317. The van der Waals surface area contributed by atoms with Crippen molar-refractivity contribution in [3.63, 3.8) is 0 Å². The van der Waals surface area contributed by atoms with Crippen LogP contribution >= 0.6 is 11.6 Å². The largest absolute Gasteiger partial charge is 0.494 e. The van der Waals surface area contributed by atoms with Crippen LogP contribution in [0.2, 0.25) is 5.02 Å². The van der Waals surface area contributed by atoms with Crippen LogP contribution in [0.15, 0.2) is 42.5 Å². The summed E-state index contributed by atoms with van der Waals surface area (Å²) < 4.78 is 5.60.